The average Bonchev–Trinajstić information content (AvgIpc) is 2.61. The van der Waals surface area contributed by atoms with Gasteiger partial charge in [0.05, 0.1) is 19.4 Å². The predicted octanol–water partition coefficient (Wildman–Crippen LogP) is 3.19. The Labute approximate surface area is 152 Å². The van der Waals surface area contributed by atoms with Crippen LogP contribution in [0.1, 0.15) is 5.56 Å². The monoisotopic (exact) mass is 358 g/mol. The van der Waals surface area contributed by atoms with E-state index in [1.165, 1.54) is 16.7 Å². The molecular formula is C19H22N2O3S. The van der Waals surface area contributed by atoms with E-state index >= 15 is 0 Å². The highest BCUT2D eigenvalue weighted by atomic mass is 32.2. The van der Waals surface area contributed by atoms with E-state index in [1.54, 1.807) is 14.2 Å². The lowest BCUT2D eigenvalue weighted by atomic mass is 10.2. The maximum absolute atomic E-state index is 12.2. The Bertz CT molecular complexity index is 732. The van der Waals surface area contributed by atoms with Crippen LogP contribution in [0.15, 0.2) is 53.4 Å². The van der Waals surface area contributed by atoms with Crippen LogP contribution in [0.25, 0.3) is 0 Å². The van der Waals surface area contributed by atoms with Crippen LogP contribution >= 0.6 is 11.8 Å². The molecule has 0 heterocycles. The number of methoxy groups -OCH3 is 1. The topological polar surface area (TPSA) is 58.6 Å². The molecule has 0 aliphatic rings. The number of hydrogen-bond acceptors (Lipinski definition) is 4. The largest absolute Gasteiger partial charge is 0.497 e. The van der Waals surface area contributed by atoms with Gasteiger partial charge in [-0.1, -0.05) is 23.8 Å². The van der Waals surface area contributed by atoms with Gasteiger partial charge in [0.25, 0.3) is 0 Å². The van der Waals surface area contributed by atoms with Crippen molar-refractivity contribution in [2.75, 3.05) is 31.8 Å². The Morgan fingerprint density at radius 3 is 2.56 bits per heavy atom. The van der Waals surface area contributed by atoms with Gasteiger partial charge in [0.1, 0.15) is 5.75 Å². The third-order valence-corrected chi connectivity index (χ3v) is 4.52. The lowest BCUT2D eigenvalue weighted by molar-refractivity contribution is -0.131. The minimum Gasteiger partial charge on any atom is -0.497 e. The van der Waals surface area contributed by atoms with Gasteiger partial charge in [-0.3, -0.25) is 9.59 Å². The maximum atomic E-state index is 12.2. The molecule has 1 N–H and O–H groups in total. The standard InChI is InChI=1S/C19H22N2O3S/c1-14-7-9-15(10-8-14)20-18(22)12-21(2)19(23)13-25-17-6-4-5-16(11-17)24-3/h4-11H,12-13H2,1-3H3,(H,20,22). The number of nitrogens with one attached hydrogen (secondary N) is 1. The third-order valence-electron chi connectivity index (χ3n) is 3.55. The van der Waals surface area contributed by atoms with Crippen LogP contribution in [-0.2, 0) is 9.59 Å². The summed E-state index contributed by atoms with van der Waals surface area (Å²) in [6, 6.07) is 15.1. The first-order chi connectivity index (χ1) is 12.0. The zero-order valence-corrected chi connectivity index (χ0v) is 15.4. The first-order valence-corrected chi connectivity index (χ1v) is 8.84. The number of amides is 2. The number of thioether (sulfide) groups is 1. The van der Waals surface area contributed by atoms with Crippen LogP contribution in [0.5, 0.6) is 5.75 Å². The van der Waals surface area contributed by atoms with Crippen molar-refractivity contribution >= 4 is 29.3 Å². The molecule has 0 saturated carbocycles. The molecule has 0 radical (unpaired) electrons. The number of carbonyl (C=O) groups excluding carboxylic acids is 2. The van der Waals surface area contributed by atoms with E-state index in [2.05, 4.69) is 5.32 Å². The second-order valence-electron chi connectivity index (χ2n) is 5.63. The number of carbonyl (C=O) groups is 2. The lowest BCUT2D eigenvalue weighted by Crippen LogP contribution is -2.35. The number of anilines is 1. The van der Waals surface area contributed by atoms with E-state index in [0.29, 0.717) is 0 Å². The van der Waals surface area contributed by atoms with Crippen molar-refractivity contribution in [2.45, 2.75) is 11.8 Å². The minimum absolute atomic E-state index is 0.0192. The average molecular weight is 358 g/mol. The quantitative estimate of drug-likeness (QED) is 0.772. The molecule has 2 aromatic carbocycles. The summed E-state index contributed by atoms with van der Waals surface area (Å²) in [6.45, 7) is 2.00. The van der Waals surface area contributed by atoms with Gasteiger partial charge in [0.2, 0.25) is 11.8 Å². The fourth-order valence-electron chi connectivity index (χ4n) is 2.09. The summed E-state index contributed by atoms with van der Waals surface area (Å²) in [4.78, 5) is 26.6. The second kappa shape index (κ2) is 9.13. The Kier molecular flexibility index (Phi) is 6.89. The predicted molar refractivity (Wildman–Crippen MR) is 101 cm³/mol. The van der Waals surface area contributed by atoms with Crippen molar-refractivity contribution < 1.29 is 14.3 Å². The second-order valence-corrected chi connectivity index (χ2v) is 6.68. The molecule has 0 unspecified atom stereocenters. The van der Waals surface area contributed by atoms with Gasteiger partial charge in [-0.15, -0.1) is 11.8 Å². The summed E-state index contributed by atoms with van der Waals surface area (Å²) < 4.78 is 5.16. The summed E-state index contributed by atoms with van der Waals surface area (Å²) in [6.07, 6.45) is 0. The van der Waals surface area contributed by atoms with Crippen LogP contribution in [-0.4, -0.2) is 43.2 Å². The van der Waals surface area contributed by atoms with Gasteiger partial charge < -0.3 is 15.0 Å². The number of nitrogens with zero attached hydrogens (tertiary/aromatic N) is 1. The van der Waals surface area contributed by atoms with Crippen molar-refractivity contribution in [3.8, 4) is 5.75 Å². The van der Waals surface area contributed by atoms with Crippen molar-refractivity contribution in [3.63, 3.8) is 0 Å². The molecule has 0 spiro atoms. The third kappa shape index (κ3) is 6.15. The Morgan fingerprint density at radius 2 is 1.88 bits per heavy atom. The Morgan fingerprint density at radius 1 is 1.16 bits per heavy atom. The van der Waals surface area contributed by atoms with Crippen LogP contribution in [0.3, 0.4) is 0 Å². The molecule has 132 valence electrons. The molecule has 2 rings (SSSR count). The SMILES string of the molecule is COc1cccc(SCC(=O)N(C)CC(=O)Nc2ccc(C)cc2)c1. The van der Waals surface area contributed by atoms with Crippen molar-refractivity contribution in [3.05, 3.63) is 54.1 Å². The summed E-state index contributed by atoms with van der Waals surface area (Å²) in [5.74, 6) is 0.697. The highest BCUT2D eigenvalue weighted by molar-refractivity contribution is 8.00. The lowest BCUT2D eigenvalue weighted by Gasteiger charge is -2.16. The molecule has 0 atom stereocenters. The molecule has 0 fully saturated rings. The highest BCUT2D eigenvalue weighted by Crippen LogP contribution is 2.22. The fourth-order valence-corrected chi connectivity index (χ4v) is 2.97. The van der Waals surface area contributed by atoms with Crippen molar-refractivity contribution in [1.29, 1.82) is 0 Å². The number of aryl methyl sites for hydroxylation is 1. The maximum Gasteiger partial charge on any atom is 0.243 e. The van der Waals surface area contributed by atoms with Crippen LogP contribution < -0.4 is 10.1 Å². The van der Waals surface area contributed by atoms with Crippen LogP contribution in [0.2, 0.25) is 0 Å². The van der Waals surface area contributed by atoms with Gasteiger partial charge >= 0.3 is 0 Å². The first-order valence-electron chi connectivity index (χ1n) is 7.85. The van der Waals surface area contributed by atoms with E-state index in [0.717, 1.165) is 21.9 Å². The molecule has 5 nitrogen and oxygen atoms in total. The molecule has 0 saturated heterocycles. The van der Waals surface area contributed by atoms with Gasteiger partial charge in [0.15, 0.2) is 0 Å². The smallest absolute Gasteiger partial charge is 0.243 e. The number of rotatable bonds is 7. The number of likely N-dealkylation sites (N-methyl/N-ethyl adjacent to an activating group) is 1. The van der Waals surface area contributed by atoms with Crippen molar-refractivity contribution in [1.82, 2.24) is 4.90 Å². The molecule has 6 heteroatoms. The number of benzene rings is 2. The summed E-state index contributed by atoms with van der Waals surface area (Å²) >= 11 is 1.42. The minimum atomic E-state index is -0.217. The van der Waals surface area contributed by atoms with E-state index in [9.17, 15) is 9.59 Å². The Balaban J connectivity index is 1.80. The molecule has 0 aliphatic carbocycles. The molecule has 2 amide bonds. The number of hydrogen-bond donors (Lipinski definition) is 1. The molecule has 0 bridgehead atoms. The molecular weight excluding hydrogens is 336 g/mol. The normalized spacial score (nSPS) is 10.2. The van der Waals surface area contributed by atoms with Crippen LogP contribution in [0, 0.1) is 6.92 Å². The zero-order valence-electron chi connectivity index (χ0n) is 14.6. The molecule has 0 aliphatic heterocycles. The molecule has 0 aromatic heterocycles. The van der Waals surface area contributed by atoms with Gasteiger partial charge in [0, 0.05) is 17.6 Å². The van der Waals surface area contributed by atoms with Crippen LogP contribution in [0.4, 0.5) is 5.69 Å². The first kappa shape index (κ1) is 18.9. The molecule has 2 aromatic rings. The Hall–Kier alpha value is -2.47. The van der Waals surface area contributed by atoms with Crippen molar-refractivity contribution in [2.24, 2.45) is 0 Å². The summed E-state index contributed by atoms with van der Waals surface area (Å²) in [5.41, 5.74) is 1.85. The fraction of sp³-hybridized carbons (Fsp3) is 0.263. The van der Waals surface area contributed by atoms with E-state index in [-0.39, 0.29) is 24.1 Å². The summed E-state index contributed by atoms with van der Waals surface area (Å²) in [5, 5.41) is 2.79. The van der Waals surface area contributed by atoms with Gasteiger partial charge in [-0.2, -0.15) is 0 Å². The van der Waals surface area contributed by atoms with Gasteiger partial charge in [-0.25, -0.2) is 0 Å². The van der Waals surface area contributed by atoms with Gasteiger partial charge in [-0.05, 0) is 37.3 Å². The van der Waals surface area contributed by atoms with E-state index in [1.807, 2.05) is 55.5 Å². The summed E-state index contributed by atoms with van der Waals surface area (Å²) in [7, 11) is 3.23. The van der Waals surface area contributed by atoms with E-state index < -0.39 is 0 Å². The number of ether oxygens (including phenoxy) is 1. The van der Waals surface area contributed by atoms with E-state index in [4.69, 9.17) is 4.74 Å². The highest BCUT2D eigenvalue weighted by Gasteiger charge is 2.13. The molecule has 25 heavy (non-hydrogen) atoms. The zero-order chi connectivity index (χ0) is 18.2.